The van der Waals surface area contributed by atoms with Crippen LogP contribution in [0, 0.1) is 18.3 Å². The zero-order valence-electron chi connectivity index (χ0n) is 14.6. The Hall–Kier alpha value is -3.06. The van der Waals surface area contributed by atoms with Gasteiger partial charge in [-0.2, -0.15) is 5.26 Å². The van der Waals surface area contributed by atoms with Gasteiger partial charge in [-0.1, -0.05) is 11.8 Å². The van der Waals surface area contributed by atoms with Gasteiger partial charge in [-0.05, 0) is 20.1 Å². The fraction of sp³-hybridized carbons (Fsp3) is 0.312. The van der Waals surface area contributed by atoms with Gasteiger partial charge >= 0.3 is 11.9 Å². The zero-order valence-corrected chi connectivity index (χ0v) is 15.4. The predicted molar refractivity (Wildman–Crippen MR) is 92.6 cm³/mol. The molecule has 0 radical (unpaired) electrons. The van der Waals surface area contributed by atoms with Crippen LogP contribution in [-0.2, 0) is 9.47 Å². The van der Waals surface area contributed by atoms with Crippen LogP contribution in [-0.4, -0.2) is 41.9 Å². The molecule has 0 aliphatic carbocycles. The summed E-state index contributed by atoms with van der Waals surface area (Å²) in [5.74, 6) is -1.05. The van der Waals surface area contributed by atoms with Gasteiger partial charge in [-0.25, -0.2) is 19.6 Å². The highest BCUT2D eigenvalue weighted by Crippen LogP contribution is 2.30. The summed E-state index contributed by atoms with van der Waals surface area (Å²) < 4.78 is 15.1. The number of carbonyl (C=O) groups excluding carboxylic acids is 2. The number of esters is 2. The van der Waals surface area contributed by atoms with Crippen molar-refractivity contribution < 1.29 is 23.5 Å². The first-order valence-corrected chi connectivity index (χ1v) is 8.66. The number of ether oxygens (including phenoxy) is 2. The summed E-state index contributed by atoms with van der Waals surface area (Å²) in [5.41, 5.74) is 0.0324. The van der Waals surface area contributed by atoms with E-state index in [1.54, 1.807) is 13.2 Å². The van der Waals surface area contributed by atoms with Crippen molar-refractivity contribution >= 4 is 35.4 Å². The van der Waals surface area contributed by atoms with Crippen LogP contribution in [0.2, 0.25) is 0 Å². The van der Waals surface area contributed by atoms with Crippen LogP contribution in [0.5, 0.6) is 0 Å². The molecule has 0 saturated carbocycles. The molecule has 0 atom stereocenters. The third-order valence-electron chi connectivity index (χ3n) is 3.26. The van der Waals surface area contributed by atoms with Crippen LogP contribution >= 0.6 is 11.8 Å². The first kappa shape index (κ1) is 19.3. The summed E-state index contributed by atoms with van der Waals surface area (Å²) in [7, 11) is 1.21. The average molecular weight is 376 g/mol. The minimum Gasteiger partial charge on any atom is -0.465 e. The number of anilines is 2. The normalized spacial score (nSPS) is 10.1. The number of rotatable bonds is 6. The summed E-state index contributed by atoms with van der Waals surface area (Å²) in [5, 5.41) is 12.6. The lowest BCUT2D eigenvalue weighted by Crippen LogP contribution is -2.11. The average Bonchev–Trinajstić information content (AvgIpc) is 2.95. The maximum atomic E-state index is 12.1. The largest absolute Gasteiger partial charge is 0.465 e. The number of carbonyl (C=O) groups is 2. The molecule has 0 unspecified atom stereocenters. The number of aromatic nitrogens is 2. The van der Waals surface area contributed by atoms with Crippen molar-refractivity contribution in [3.8, 4) is 6.07 Å². The lowest BCUT2D eigenvalue weighted by molar-refractivity contribution is 0.0525. The SMILES string of the molecule is CCOC(=O)c1cnc(SC)nc1Nc1oc(C)c(C(=O)OC)c1C#N. The van der Waals surface area contributed by atoms with E-state index in [-0.39, 0.29) is 40.8 Å². The van der Waals surface area contributed by atoms with E-state index in [1.807, 2.05) is 6.07 Å². The number of methoxy groups -OCH3 is 1. The van der Waals surface area contributed by atoms with E-state index in [0.717, 1.165) is 0 Å². The maximum Gasteiger partial charge on any atom is 0.343 e. The van der Waals surface area contributed by atoms with Gasteiger partial charge in [0.05, 0.1) is 13.7 Å². The molecule has 2 aromatic rings. The number of hydrogen-bond acceptors (Lipinski definition) is 10. The van der Waals surface area contributed by atoms with Crippen LogP contribution < -0.4 is 5.32 Å². The maximum absolute atomic E-state index is 12.1. The van der Waals surface area contributed by atoms with E-state index in [2.05, 4.69) is 20.0 Å². The lowest BCUT2D eigenvalue weighted by Gasteiger charge is -2.09. The number of nitriles is 1. The van der Waals surface area contributed by atoms with Crippen LogP contribution in [0.4, 0.5) is 11.7 Å². The van der Waals surface area contributed by atoms with Gasteiger partial charge in [0.2, 0.25) is 5.88 Å². The van der Waals surface area contributed by atoms with E-state index in [1.165, 1.54) is 32.0 Å². The molecular formula is C16H16N4O5S. The molecule has 0 aromatic carbocycles. The van der Waals surface area contributed by atoms with Gasteiger partial charge in [0.25, 0.3) is 0 Å². The van der Waals surface area contributed by atoms with Gasteiger partial charge in [-0.3, -0.25) is 0 Å². The standard InChI is InChI=1S/C16H16N4O5S/c1-5-24-14(21)10-7-18-16(26-4)20-12(10)19-13-9(6-17)11(8(2)25-13)15(22)23-3/h7H,5H2,1-4H3,(H,18,19,20). The summed E-state index contributed by atoms with van der Waals surface area (Å²) in [6.07, 6.45) is 3.10. The summed E-state index contributed by atoms with van der Waals surface area (Å²) in [6, 6.07) is 1.90. The highest BCUT2D eigenvalue weighted by Gasteiger charge is 2.26. The van der Waals surface area contributed by atoms with Crippen molar-refractivity contribution in [3.63, 3.8) is 0 Å². The molecule has 0 amide bonds. The molecule has 9 nitrogen and oxygen atoms in total. The summed E-state index contributed by atoms with van der Waals surface area (Å²) >= 11 is 1.27. The molecule has 0 aliphatic rings. The zero-order chi connectivity index (χ0) is 19.3. The smallest absolute Gasteiger partial charge is 0.343 e. The Morgan fingerprint density at radius 3 is 2.73 bits per heavy atom. The third-order valence-corrected chi connectivity index (χ3v) is 3.82. The molecule has 26 heavy (non-hydrogen) atoms. The lowest BCUT2D eigenvalue weighted by atomic mass is 10.1. The van der Waals surface area contributed by atoms with Crippen molar-refractivity contribution in [3.05, 3.63) is 28.6 Å². The summed E-state index contributed by atoms with van der Waals surface area (Å²) in [6.45, 7) is 3.38. The van der Waals surface area contributed by atoms with E-state index in [9.17, 15) is 14.9 Å². The fourth-order valence-electron chi connectivity index (χ4n) is 2.11. The molecule has 10 heteroatoms. The minimum atomic E-state index is -0.700. The molecule has 0 fully saturated rings. The number of nitrogens with zero attached hydrogens (tertiary/aromatic N) is 3. The Morgan fingerprint density at radius 1 is 1.42 bits per heavy atom. The molecular weight excluding hydrogens is 360 g/mol. The Balaban J connectivity index is 2.53. The first-order valence-electron chi connectivity index (χ1n) is 7.43. The van der Waals surface area contributed by atoms with Crippen LogP contribution in [0.25, 0.3) is 0 Å². The third kappa shape index (κ3) is 3.78. The van der Waals surface area contributed by atoms with Crippen LogP contribution in [0.1, 0.15) is 39.0 Å². The van der Waals surface area contributed by atoms with Crippen molar-refractivity contribution in [2.45, 2.75) is 19.0 Å². The number of furan rings is 1. The second-order valence-corrected chi connectivity index (χ2v) is 5.58. The number of nitrogens with one attached hydrogen (secondary N) is 1. The summed E-state index contributed by atoms with van der Waals surface area (Å²) in [4.78, 5) is 32.3. The van der Waals surface area contributed by atoms with Gasteiger partial charge in [0.15, 0.2) is 11.0 Å². The predicted octanol–water partition coefficient (Wildman–Crippen LogP) is 2.68. The molecule has 0 aliphatic heterocycles. The molecule has 0 spiro atoms. The Kier molecular flexibility index (Phi) is 6.19. The molecule has 2 heterocycles. The second-order valence-electron chi connectivity index (χ2n) is 4.81. The minimum absolute atomic E-state index is 0.00864. The molecule has 0 saturated heterocycles. The van der Waals surface area contributed by atoms with E-state index < -0.39 is 11.9 Å². The number of hydrogen-bond donors (Lipinski definition) is 1. The van der Waals surface area contributed by atoms with Crippen molar-refractivity contribution in [2.75, 3.05) is 25.3 Å². The van der Waals surface area contributed by atoms with Gasteiger partial charge in [0, 0.05) is 6.20 Å². The highest BCUT2D eigenvalue weighted by molar-refractivity contribution is 7.98. The Morgan fingerprint density at radius 2 is 2.15 bits per heavy atom. The van der Waals surface area contributed by atoms with Crippen LogP contribution in [0.3, 0.4) is 0 Å². The number of aryl methyl sites for hydroxylation is 1. The topological polar surface area (TPSA) is 127 Å². The van der Waals surface area contributed by atoms with Gasteiger partial charge in [0.1, 0.15) is 28.5 Å². The second kappa shape index (κ2) is 8.35. The molecule has 2 aromatic heterocycles. The highest BCUT2D eigenvalue weighted by atomic mass is 32.2. The molecule has 1 N–H and O–H groups in total. The van der Waals surface area contributed by atoms with Crippen LogP contribution in [0.15, 0.2) is 15.8 Å². The molecule has 0 bridgehead atoms. The van der Waals surface area contributed by atoms with Crippen molar-refractivity contribution in [2.24, 2.45) is 0 Å². The Labute approximate surface area is 153 Å². The van der Waals surface area contributed by atoms with Gasteiger partial charge in [-0.15, -0.1) is 0 Å². The molecule has 2 rings (SSSR count). The van der Waals surface area contributed by atoms with Gasteiger partial charge < -0.3 is 19.2 Å². The molecule has 136 valence electrons. The van der Waals surface area contributed by atoms with E-state index in [4.69, 9.17) is 9.15 Å². The monoisotopic (exact) mass is 376 g/mol. The van der Waals surface area contributed by atoms with Crippen molar-refractivity contribution in [1.29, 1.82) is 5.26 Å². The van der Waals surface area contributed by atoms with Crippen molar-refractivity contribution in [1.82, 2.24) is 9.97 Å². The first-order chi connectivity index (χ1) is 12.5. The quantitative estimate of drug-likeness (QED) is 0.456. The Bertz CT molecular complexity index is 887. The van der Waals surface area contributed by atoms with E-state index >= 15 is 0 Å². The van der Waals surface area contributed by atoms with E-state index in [0.29, 0.717) is 5.16 Å². The number of thioether (sulfide) groups is 1. The fourth-order valence-corrected chi connectivity index (χ4v) is 2.45.